The first kappa shape index (κ1) is 15.2. The lowest BCUT2D eigenvalue weighted by molar-refractivity contribution is -0.131. The van der Waals surface area contributed by atoms with Gasteiger partial charge in [0, 0.05) is 6.61 Å². The first-order chi connectivity index (χ1) is 10.6. The van der Waals surface area contributed by atoms with E-state index in [0.717, 1.165) is 29.9 Å². The van der Waals surface area contributed by atoms with Crippen LogP contribution in [-0.2, 0) is 9.53 Å². The molecule has 1 N–H and O–H groups in total. The summed E-state index contributed by atoms with van der Waals surface area (Å²) in [7, 11) is 0. The SMILES string of the molecule is CC(C)C(NC(=O)C1CCCO1)c1ccc2c(c1)OCCO2. The minimum absolute atomic E-state index is 0.0221. The summed E-state index contributed by atoms with van der Waals surface area (Å²) in [5.74, 6) is 1.77. The van der Waals surface area contributed by atoms with Gasteiger partial charge in [-0.2, -0.15) is 0 Å². The predicted molar refractivity (Wildman–Crippen MR) is 82.1 cm³/mol. The van der Waals surface area contributed by atoms with Crippen molar-refractivity contribution in [1.29, 1.82) is 0 Å². The fourth-order valence-electron chi connectivity index (χ4n) is 2.92. The second-order valence-corrected chi connectivity index (χ2v) is 6.14. The minimum atomic E-state index is -0.307. The molecule has 3 rings (SSSR count). The maximum absolute atomic E-state index is 12.3. The Labute approximate surface area is 130 Å². The summed E-state index contributed by atoms with van der Waals surface area (Å²) in [4.78, 5) is 12.3. The van der Waals surface area contributed by atoms with Crippen molar-refractivity contribution in [2.24, 2.45) is 5.92 Å². The van der Waals surface area contributed by atoms with E-state index in [-0.39, 0.29) is 24.0 Å². The van der Waals surface area contributed by atoms with Crippen molar-refractivity contribution in [3.05, 3.63) is 23.8 Å². The minimum Gasteiger partial charge on any atom is -0.486 e. The molecule has 1 fully saturated rings. The van der Waals surface area contributed by atoms with E-state index in [1.165, 1.54) is 0 Å². The fraction of sp³-hybridized carbons (Fsp3) is 0.588. The maximum atomic E-state index is 12.3. The molecule has 2 atom stereocenters. The van der Waals surface area contributed by atoms with E-state index in [2.05, 4.69) is 19.2 Å². The average Bonchev–Trinajstić information content (AvgIpc) is 3.06. The standard InChI is InChI=1S/C17H23NO4/c1-11(2)16(18-17(19)14-4-3-7-20-14)12-5-6-13-15(10-12)22-9-8-21-13/h5-6,10-11,14,16H,3-4,7-9H2,1-2H3,(H,18,19). The van der Waals surface area contributed by atoms with Gasteiger partial charge < -0.3 is 19.5 Å². The Kier molecular flexibility index (Phi) is 4.52. The van der Waals surface area contributed by atoms with E-state index in [4.69, 9.17) is 14.2 Å². The number of rotatable bonds is 4. The van der Waals surface area contributed by atoms with E-state index in [9.17, 15) is 4.79 Å². The fourth-order valence-corrected chi connectivity index (χ4v) is 2.92. The molecule has 5 heteroatoms. The van der Waals surface area contributed by atoms with Crippen molar-refractivity contribution >= 4 is 5.91 Å². The molecule has 120 valence electrons. The van der Waals surface area contributed by atoms with Crippen LogP contribution in [0.5, 0.6) is 11.5 Å². The Morgan fingerprint density at radius 1 is 1.18 bits per heavy atom. The molecule has 0 radical (unpaired) electrons. The maximum Gasteiger partial charge on any atom is 0.249 e. The predicted octanol–water partition coefficient (Wildman–Crippen LogP) is 2.45. The molecular weight excluding hydrogens is 282 g/mol. The summed E-state index contributed by atoms with van der Waals surface area (Å²) in [6.45, 7) is 6.00. The van der Waals surface area contributed by atoms with E-state index < -0.39 is 0 Å². The number of amides is 1. The van der Waals surface area contributed by atoms with Crippen LogP contribution in [0.2, 0.25) is 0 Å². The first-order valence-corrected chi connectivity index (χ1v) is 7.96. The highest BCUT2D eigenvalue weighted by Gasteiger charge is 2.28. The lowest BCUT2D eigenvalue weighted by Gasteiger charge is -2.26. The van der Waals surface area contributed by atoms with Gasteiger partial charge in [0.25, 0.3) is 0 Å². The second kappa shape index (κ2) is 6.57. The summed E-state index contributed by atoms with van der Waals surface area (Å²) in [5.41, 5.74) is 1.03. The molecule has 2 aliphatic heterocycles. The van der Waals surface area contributed by atoms with Crippen LogP contribution in [0.25, 0.3) is 0 Å². The molecule has 22 heavy (non-hydrogen) atoms. The Morgan fingerprint density at radius 3 is 2.64 bits per heavy atom. The van der Waals surface area contributed by atoms with E-state index in [1.54, 1.807) is 0 Å². The molecule has 0 aliphatic carbocycles. The molecular formula is C17H23NO4. The van der Waals surface area contributed by atoms with Crippen LogP contribution in [0.15, 0.2) is 18.2 Å². The largest absolute Gasteiger partial charge is 0.486 e. The lowest BCUT2D eigenvalue weighted by atomic mass is 9.95. The number of hydrogen-bond donors (Lipinski definition) is 1. The highest BCUT2D eigenvalue weighted by atomic mass is 16.6. The van der Waals surface area contributed by atoms with Crippen molar-refractivity contribution in [1.82, 2.24) is 5.32 Å². The quantitative estimate of drug-likeness (QED) is 0.928. The Bertz CT molecular complexity index is 537. The molecule has 1 saturated heterocycles. The van der Waals surface area contributed by atoms with Gasteiger partial charge in [0.2, 0.25) is 5.91 Å². The second-order valence-electron chi connectivity index (χ2n) is 6.14. The number of nitrogens with one attached hydrogen (secondary N) is 1. The van der Waals surface area contributed by atoms with Gasteiger partial charge in [0.15, 0.2) is 11.5 Å². The van der Waals surface area contributed by atoms with Crippen LogP contribution < -0.4 is 14.8 Å². The third-order valence-corrected chi connectivity index (χ3v) is 4.11. The van der Waals surface area contributed by atoms with Crippen LogP contribution in [0.1, 0.15) is 38.3 Å². The van der Waals surface area contributed by atoms with Crippen molar-refractivity contribution in [3.63, 3.8) is 0 Å². The number of fused-ring (bicyclic) bond motifs is 1. The van der Waals surface area contributed by atoms with E-state index in [1.807, 2.05) is 18.2 Å². The molecule has 0 aromatic heterocycles. The van der Waals surface area contributed by atoms with Gasteiger partial charge in [-0.1, -0.05) is 19.9 Å². The molecule has 1 aromatic rings. The molecule has 0 spiro atoms. The number of hydrogen-bond acceptors (Lipinski definition) is 4. The molecule has 1 amide bonds. The van der Waals surface area contributed by atoms with Gasteiger partial charge in [-0.05, 0) is 36.5 Å². The Morgan fingerprint density at radius 2 is 1.95 bits per heavy atom. The van der Waals surface area contributed by atoms with Gasteiger partial charge in [-0.25, -0.2) is 0 Å². The van der Waals surface area contributed by atoms with Crippen molar-refractivity contribution in [2.45, 2.75) is 38.8 Å². The summed E-state index contributed by atoms with van der Waals surface area (Å²) < 4.78 is 16.7. The lowest BCUT2D eigenvalue weighted by Crippen LogP contribution is -2.38. The summed E-state index contributed by atoms with van der Waals surface area (Å²) in [6, 6.07) is 5.81. The molecule has 2 aliphatic rings. The van der Waals surface area contributed by atoms with Crippen LogP contribution in [0.3, 0.4) is 0 Å². The van der Waals surface area contributed by atoms with Gasteiger partial charge in [-0.15, -0.1) is 0 Å². The zero-order valence-electron chi connectivity index (χ0n) is 13.1. The molecule has 0 bridgehead atoms. The van der Waals surface area contributed by atoms with Crippen molar-refractivity contribution in [2.75, 3.05) is 19.8 Å². The van der Waals surface area contributed by atoms with Crippen molar-refractivity contribution < 1.29 is 19.0 Å². The number of ether oxygens (including phenoxy) is 3. The summed E-state index contributed by atoms with van der Waals surface area (Å²) in [5, 5.41) is 3.12. The molecule has 2 unspecified atom stereocenters. The topological polar surface area (TPSA) is 56.8 Å². The van der Waals surface area contributed by atoms with Crippen molar-refractivity contribution in [3.8, 4) is 11.5 Å². The number of carbonyl (C=O) groups excluding carboxylic acids is 1. The monoisotopic (exact) mass is 305 g/mol. The zero-order chi connectivity index (χ0) is 15.5. The van der Waals surface area contributed by atoms with Gasteiger partial charge in [0.1, 0.15) is 19.3 Å². The Hall–Kier alpha value is -1.75. The highest BCUT2D eigenvalue weighted by molar-refractivity contribution is 5.81. The van der Waals surface area contributed by atoms with Crippen LogP contribution in [0, 0.1) is 5.92 Å². The molecule has 2 heterocycles. The number of benzene rings is 1. The third kappa shape index (κ3) is 3.19. The average molecular weight is 305 g/mol. The van der Waals surface area contributed by atoms with E-state index in [0.29, 0.717) is 19.8 Å². The summed E-state index contributed by atoms with van der Waals surface area (Å²) >= 11 is 0. The molecule has 5 nitrogen and oxygen atoms in total. The van der Waals surface area contributed by atoms with E-state index >= 15 is 0 Å². The van der Waals surface area contributed by atoms with Gasteiger partial charge in [-0.3, -0.25) is 4.79 Å². The normalized spacial score (nSPS) is 21.7. The smallest absolute Gasteiger partial charge is 0.249 e. The number of carbonyl (C=O) groups is 1. The van der Waals surface area contributed by atoms with Gasteiger partial charge >= 0.3 is 0 Å². The molecule has 1 aromatic carbocycles. The Balaban J connectivity index is 1.77. The third-order valence-electron chi connectivity index (χ3n) is 4.11. The van der Waals surface area contributed by atoms with Crippen LogP contribution in [-0.4, -0.2) is 31.8 Å². The first-order valence-electron chi connectivity index (χ1n) is 7.96. The van der Waals surface area contributed by atoms with Crippen LogP contribution in [0.4, 0.5) is 0 Å². The zero-order valence-corrected chi connectivity index (χ0v) is 13.1. The summed E-state index contributed by atoms with van der Waals surface area (Å²) in [6.07, 6.45) is 1.45. The van der Waals surface area contributed by atoms with Crippen LogP contribution >= 0.6 is 0 Å². The molecule has 0 saturated carbocycles. The van der Waals surface area contributed by atoms with Gasteiger partial charge in [0.05, 0.1) is 6.04 Å². The highest BCUT2D eigenvalue weighted by Crippen LogP contribution is 2.34.